The fourth-order valence-electron chi connectivity index (χ4n) is 4.73. The van der Waals surface area contributed by atoms with E-state index in [0.717, 1.165) is 49.4 Å². The van der Waals surface area contributed by atoms with E-state index >= 15 is 0 Å². The van der Waals surface area contributed by atoms with Crippen molar-refractivity contribution in [3.8, 4) is 23.2 Å². The zero-order valence-electron chi connectivity index (χ0n) is 20.6. The van der Waals surface area contributed by atoms with Gasteiger partial charge in [-0.2, -0.15) is 10.4 Å². The Bertz CT molecular complexity index is 985. The SMILES string of the molecule is COC[C@@H](C)NC1CCC(Nc2cc(-c3cnnc(OCC4(C#N)CCOCC4)c3)ncn2)CC1. The lowest BCUT2D eigenvalue weighted by molar-refractivity contribution is 0.0181. The van der Waals surface area contributed by atoms with E-state index in [4.69, 9.17) is 14.2 Å². The minimum atomic E-state index is -0.543. The summed E-state index contributed by atoms with van der Waals surface area (Å²) in [4.78, 5) is 8.84. The maximum absolute atomic E-state index is 9.64. The largest absolute Gasteiger partial charge is 0.475 e. The number of nitrogens with one attached hydrogen (secondary N) is 2. The van der Waals surface area contributed by atoms with E-state index in [1.807, 2.05) is 12.1 Å². The third-order valence-electron chi connectivity index (χ3n) is 6.79. The lowest BCUT2D eigenvalue weighted by Gasteiger charge is -2.31. The van der Waals surface area contributed by atoms with Crippen molar-refractivity contribution in [2.75, 3.05) is 38.9 Å². The van der Waals surface area contributed by atoms with Crippen LogP contribution in [0.25, 0.3) is 11.3 Å². The average molecular weight is 482 g/mol. The summed E-state index contributed by atoms with van der Waals surface area (Å²) in [5, 5.41) is 25.0. The highest BCUT2D eigenvalue weighted by molar-refractivity contribution is 5.62. The Kier molecular flexibility index (Phi) is 8.79. The van der Waals surface area contributed by atoms with E-state index in [-0.39, 0.29) is 6.61 Å². The van der Waals surface area contributed by atoms with Gasteiger partial charge in [-0.25, -0.2) is 9.97 Å². The Morgan fingerprint density at radius 1 is 1.17 bits per heavy atom. The maximum atomic E-state index is 9.64. The average Bonchev–Trinajstić information content (AvgIpc) is 2.90. The van der Waals surface area contributed by atoms with Crippen LogP contribution in [0.5, 0.6) is 5.88 Å². The molecule has 2 aliphatic rings. The molecule has 2 N–H and O–H groups in total. The van der Waals surface area contributed by atoms with Gasteiger partial charge >= 0.3 is 0 Å². The van der Waals surface area contributed by atoms with Gasteiger partial charge in [0.2, 0.25) is 5.88 Å². The number of anilines is 1. The molecule has 4 rings (SSSR count). The van der Waals surface area contributed by atoms with Gasteiger partial charge in [-0.1, -0.05) is 0 Å². The molecule has 10 heteroatoms. The quantitative estimate of drug-likeness (QED) is 0.523. The van der Waals surface area contributed by atoms with Crippen LogP contribution in [-0.4, -0.2) is 71.8 Å². The lowest BCUT2D eigenvalue weighted by Crippen LogP contribution is -2.42. The highest BCUT2D eigenvalue weighted by atomic mass is 16.5. The normalized spacial score (nSPS) is 22.7. The van der Waals surface area contributed by atoms with Crippen molar-refractivity contribution in [2.45, 2.75) is 63.6 Å². The van der Waals surface area contributed by atoms with Gasteiger partial charge in [-0.15, -0.1) is 5.10 Å². The third-order valence-corrected chi connectivity index (χ3v) is 6.79. The summed E-state index contributed by atoms with van der Waals surface area (Å²) >= 11 is 0. The van der Waals surface area contributed by atoms with Gasteiger partial charge in [0.25, 0.3) is 0 Å². The number of nitriles is 1. The first-order chi connectivity index (χ1) is 17.1. The predicted molar refractivity (Wildman–Crippen MR) is 131 cm³/mol. The van der Waals surface area contributed by atoms with Crippen molar-refractivity contribution >= 4 is 5.82 Å². The molecule has 0 amide bonds. The summed E-state index contributed by atoms with van der Waals surface area (Å²) in [5.41, 5.74) is 0.990. The van der Waals surface area contributed by atoms with Crippen LogP contribution in [0, 0.1) is 16.7 Å². The molecule has 10 nitrogen and oxygen atoms in total. The first-order valence-corrected chi connectivity index (χ1v) is 12.4. The van der Waals surface area contributed by atoms with Crippen LogP contribution in [0.2, 0.25) is 0 Å². The number of hydrogen-bond acceptors (Lipinski definition) is 10. The van der Waals surface area contributed by atoms with Crippen molar-refractivity contribution in [2.24, 2.45) is 5.41 Å². The molecule has 2 fully saturated rings. The number of ether oxygens (including phenoxy) is 3. The van der Waals surface area contributed by atoms with E-state index in [1.165, 1.54) is 0 Å². The standard InChI is InChI=1S/C25H35N7O3/c1-18(14-33-2)30-20-3-5-21(6-4-20)31-23-12-22(27-17-28-23)19-11-24(32-29-13-19)35-16-25(15-26)7-9-34-10-8-25/h11-13,17-18,20-21,30H,3-10,14,16H2,1-2H3,(H,27,28,31)/t18-,20?,21?/m1/s1. The first-order valence-electron chi connectivity index (χ1n) is 12.4. The van der Waals surface area contributed by atoms with Crippen molar-refractivity contribution in [3.63, 3.8) is 0 Å². The number of aromatic nitrogens is 4. The highest BCUT2D eigenvalue weighted by Crippen LogP contribution is 2.31. The number of rotatable bonds is 10. The maximum Gasteiger partial charge on any atom is 0.234 e. The molecule has 0 spiro atoms. The second-order valence-electron chi connectivity index (χ2n) is 9.58. The third kappa shape index (κ3) is 7.07. The van der Waals surface area contributed by atoms with Crippen LogP contribution in [0.3, 0.4) is 0 Å². The van der Waals surface area contributed by atoms with Gasteiger partial charge in [0.05, 0.1) is 30.0 Å². The fourth-order valence-corrected chi connectivity index (χ4v) is 4.73. The predicted octanol–water partition coefficient (Wildman–Crippen LogP) is 2.98. The highest BCUT2D eigenvalue weighted by Gasteiger charge is 2.34. The topological polar surface area (TPSA) is 127 Å². The molecule has 1 aliphatic heterocycles. The summed E-state index contributed by atoms with van der Waals surface area (Å²) in [6.07, 6.45) is 8.93. The molecule has 1 atom stereocenters. The van der Waals surface area contributed by atoms with E-state index < -0.39 is 5.41 Å². The Balaban J connectivity index is 1.33. The van der Waals surface area contributed by atoms with Crippen LogP contribution < -0.4 is 15.4 Å². The van der Waals surface area contributed by atoms with Crippen LogP contribution in [-0.2, 0) is 9.47 Å². The van der Waals surface area contributed by atoms with Crippen LogP contribution in [0.15, 0.2) is 24.7 Å². The van der Waals surface area contributed by atoms with Crippen molar-refractivity contribution in [3.05, 3.63) is 24.7 Å². The molecule has 0 unspecified atom stereocenters. The summed E-state index contributed by atoms with van der Waals surface area (Å²) in [6, 6.07) is 7.42. The summed E-state index contributed by atoms with van der Waals surface area (Å²) < 4.78 is 16.5. The molecule has 2 aromatic rings. The second-order valence-corrected chi connectivity index (χ2v) is 9.58. The monoisotopic (exact) mass is 481 g/mol. The first kappa shape index (κ1) is 25.2. The van der Waals surface area contributed by atoms with Crippen molar-refractivity contribution < 1.29 is 14.2 Å². The molecule has 0 aromatic carbocycles. The van der Waals surface area contributed by atoms with Gasteiger partial charge < -0.3 is 24.8 Å². The van der Waals surface area contributed by atoms with Crippen molar-refractivity contribution in [1.82, 2.24) is 25.5 Å². The van der Waals surface area contributed by atoms with E-state index in [2.05, 4.69) is 43.8 Å². The van der Waals surface area contributed by atoms with Gasteiger partial charge in [0, 0.05) is 56.1 Å². The molecule has 1 saturated carbocycles. The molecule has 1 aliphatic carbocycles. The zero-order valence-corrected chi connectivity index (χ0v) is 20.6. The summed E-state index contributed by atoms with van der Waals surface area (Å²) in [7, 11) is 1.74. The van der Waals surface area contributed by atoms with E-state index in [0.29, 0.717) is 50.1 Å². The lowest BCUT2D eigenvalue weighted by atomic mass is 9.83. The Labute approximate surface area is 206 Å². The summed E-state index contributed by atoms with van der Waals surface area (Å²) in [6.45, 7) is 4.30. The Morgan fingerprint density at radius 3 is 2.69 bits per heavy atom. The number of nitrogens with zero attached hydrogens (tertiary/aromatic N) is 5. The molecular weight excluding hydrogens is 446 g/mol. The molecular formula is C25H35N7O3. The molecule has 2 aromatic heterocycles. The van der Waals surface area contributed by atoms with E-state index in [1.54, 1.807) is 19.6 Å². The minimum absolute atomic E-state index is 0.267. The zero-order chi connectivity index (χ0) is 24.5. The molecule has 0 bridgehead atoms. The molecule has 3 heterocycles. The van der Waals surface area contributed by atoms with Gasteiger partial charge in [-0.05, 0) is 45.4 Å². The Hall–Kier alpha value is -2.87. The van der Waals surface area contributed by atoms with Gasteiger partial charge in [0.1, 0.15) is 18.8 Å². The van der Waals surface area contributed by atoms with Crippen LogP contribution in [0.4, 0.5) is 5.82 Å². The fraction of sp³-hybridized carbons (Fsp3) is 0.640. The number of hydrogen-bond donors (Lipinski definition) is 2. The van der Waals surface area contributed by atoms with Gasteiger partial charge in [0.15, 0.2) is 0 Å². The van der Waals surface area contributed by atoms with Crippen LogP contribution >= 0.6 is 0 Å². The molecule has 1 saturated heterocycles. The van der Waals surface area contributed by atoms with E-state index in [9.17, 15) is 5.26 Å². The van der Waals surface area contributed by atoms with Crippen molar-refractivity contribution in [1.29, 1.82) is 5.26 Å². The molecule has 188 valence electrons. The smallest absolute Gasteiger partial charge is 0.234 e. The number of methoxy groups -OCH3 is 1. The minimum Gasteiger partial charge on any atom is -0.475 e. The molecule has 0 radical (unpaired) electrons. The summed E-state index contributed by atoms with van der Waals surface area (Å²) in [5.74, 6) is 1.18. The van der Waals surface area contributed by atoms with Crippen LogP contribution in [0.1, 0.15) is 45.4 Å². The van der Waals surface area contributed by atoms with Gasteiger partial charge in [-0.3, -0.25) is 0 Å². The Morgan fingerprint density at radius 2 is 1.94 bits per heavy atom. The second kappa shape index (κ2) is 12.2. The molecule has 35 heavy (non-hydrogen) atoms.